The number of morpholine rings is 1. The summed E-state index contributed by atoms with van der Waals surface area (Å²) in [5.41, 5.74) is 0.717. The summed E-state index contributed by atoms with van der Waals surface area (Å²) < 4.78 is 47.5. The summed E-state index contributed by atoms with van der Waals surface area (Å²) in [7, 11) is -3.60. The van der Waals surface area contributed by atoms with Gasteiger partial charge >= 0.3 is 0 Å². The van der Waals surface area contributed by atoms with E-state index in [9.17, 15) is 12.8 Å². The first-order valence-corrected chi connectivity index (χ1v) is 12.8. The van der Waals surface area contributed by atoms with Crippen LogP contribution in [0.25, 0.3) is 0 Å². The van der Waals surface area contributed by atoms with Crippen LogP contribution >= 0.6 is 0 Å². The molecule has 1 aliphatic heterocycles. The molecule has 1 saturated heterocycles. The number of sulfonamides is 1. The smallest absolute Gasteiger partial charge is 0.242 e. The number of nitrogens with zero attached hydrogens (tertiary/aromatic N) is 2. The van der Waals surface area contributed by atoms with Gasteiger partial charge in [0, 0.05) is 31.4 Å². The van der Waals surface area contributed by atoms with Crippen molar-refractivity contribution in [1.82, 2.24) is 15.0 Å². The lowest BCUT2D eigenvalue weighted by Gasteiger charge is -2.30. The fourth-order valence-electron chi connectivity index (χ4n) is 4.33. The van der Waals surface area contributed by atoms with Gasteiger partial charge < -0.3 is 15.0 Å². The zero-order valence-electron chi connectivity index (χ0n) is 18.2. The molecule has 174 valence electrons. The van der Waals surface area contributed by atoms with Crippen LogP contribution in [0, 0.1) is 5.82 Å². The first-order valence-electron chi connectivity index (χ1n) is 11.3. The molecule has 32 heavy (non-hydrogen) atoms. The average Bonchev–Trinajstić information content (AvgIpc) is 2.82. The first-order chi connectivity index (χ1) is 15.5. The molecule has 4 rings (SSSR count). The third kappa shape index (κ3) is 6.04. The number of benzene rings is 1. The van der Waals surface area contributed by atoms with Gasteiger partial charge in [-0.1, -0.05) is 18.2 Å². The standard InChI is InChI=1S/C23H31FN4O3S/c24-22-4-2-1-3-18(22)11-12-25-19-5-7-20(8-6-19)27-32(29,30)21-9-10-23(26-17-21)28-13-15-31-16-14-28/h1-4,9-10,17,19-20,25,27H,5-8,11-16H2. The number of ether oxygens (including phenoxy) is 1. The van der Waals surface area contributed by atoms with Crippen molar-refractivity contribution >= 4 is 15.8 Å². The second-order valence-electron chi connectivity index (χ2n) is 8.42. The van der Waals surface area contributed by atoms with Crippen LogP contribution in [-0.4, -0.2) is 58.3 Å². The van der Waals surface area contributed by atoms with Crippen LogP contribution in [0.15, 0.2) is 47.5 Å². The largest absolute Gasteiger partial charge is 0.378 e. The predicted molar refractivity (Wildman–Crippen MR) is 122 cm³/mol. The summed E-state index contributed by atoms with van der Waals surface area (Å²) >= 11 is 0. The van der Waals surface area contributed by atoms with Gasteiger partial charge in [-0.3, -0.25) is 0 Å². The Balaban J connectivity index is 1.23. The highest BCUT2D eigenvalue weighted by Gasteiger charge is 2.26. The molecule has 2 heterocycles. The molecule has 0 spiro atoms. The average molecular weight is 463 g/mol. The van der Waals surface area contributed by atoms with Crippen molar-refractivity contribution in [3.63, 3.8) is 0 Å². The van der Waals surface area contributed by atoms with E-state index in [1.165, 1.54) is 12.3 Å². The lowest BCUT2D eigenvalue weighted by molar-refractivity contribution is 0.122. The quantitative estimate of drug-likeness (QED) is 0.627. The number of halogens is 1. The molecule has 2 aliphatic rings. The highest BCUT2D eigenvalue weighted by Crippen LogP contribution is 2.22. The van der Waals surface area contributed by atoms with Crippen LogP contribution in [0.1, 0.15) is 31.2 Å². The Morgan fingerprint density at radius 1 is 1.03 bits per heavy atom. The SMILES string of the molecule is O=S(=O)(NC1CCC(NCCc2ccccc2F)CC1)c1ccc(N2CCOCC2)nc1. The lowest BCUT2D eigenvalue weighted by Crippen LogP contribution is -2.42. The lowest BCUT2D eigenvalue weighted by atomic mass is 9.92. The minimum Gasteiger partial charge on any atom is -0.378 e. The van der Waals surface area contributed by atoms with E-state index in [1.807, 2.05) is 12.1 Å². The van der Waals surface area contributed by atoms with E-state index in [1.54, 1.807) is 18.2 Å². The van der Waals surface area contributed by atoms with Crippen molar-refractivity contribution < 1.29 is 17.5 Å². The molecule has 1 aromatic carbocycles. The summed E-state index contributed by atoms with van der Waals surface area (Å²) in [6.07, 6.45) is 5.40. The Morgan fingerprint density at radius 3 is 2.44 bits per heavy atom. The minimum absolute atomic E-state index is 0.0801. The van der Waals surface area contributed by atoms with Crippen molar-refractivity contribution in [3.05, 3.63) is 54.0 Å². The van der Waals surface area contributed by atoms with Gasteiger partial charge in [0.15, 0.2) is 0 Å². The third-order valence-corrected chi connectivity index (χ3v) is 7.71. The molecule has 1 aromatic heterocycles. The van der Waals surface area contributed by atoms with Crippen molar-refractivity contribution in [1.29, 1.82) is 0 Å². The highest BCUT2D eigenvalue weighted by molar-refractivity contribution is 7.89. The second kappa shape index (κ2) is 10.7. The molecule has 0 atom stereocenters. The topological polar surface area (TPSA) is 83.6 Å². The summed E-state index contributed by atoms with van der Waals surface area (Å²) in [6, 6.07) is 10.5. The Hall–Kier alpha value is -2.07. The van der Waals surface area contributed by atoms with Crippen LogP contribution in [-0.2, 0) is 21.2 Å². The van der Waals surface area contributed by atoms with Crippen LogP contribution < -0.4 is 14.9 Å². The van der Waals surface area contributed by atoms with Gasteiger partial charge in [-0.25, -0.2) is 22.5 Å². The maximum absolute atomic E-state index is 13.7. The fraction of sp³-hybridized carbons (Fsp3) is 0.522. The first kappa shape index (κ1) is 23.1. The van der Waals surface area contributed by atoms with Gasteiger partial charge in [0.2, 0.25) is 10.0 Å². The van der Waals surface area contributed by atoms with Gasteiger partial charge in [0.05, 0.1) is 13.2 Å². The van der Waals surface area contributed by atoms with E-state index in [2.05, 4.69) is 19.9 Å². The van der Waals surface area contributed by atoms with Crippen LogP contribution in [0.4, 0.5) is 10.2 Å². The van der Waals surface area contributed by atoms with Crippen molar-refractivity contribution in [3.8, 4) is 0 Å². The zero-order valence-corrected chi connectivity index (χ0v) is 19.0. The zero-order chi connectivity index (χ0) is 22.4. The van der Waals surface area contributed by atoms with Crippen LogP contribution in [0.5, 0.6) is 0 Å². The van der Waals surface area contributed by atoms with E-state index in [0.717, 1.165) is 50.2 Å². The van der Waals surface area contributed by atoms with Crippen molar-refractivity contribution in [2.75, 3.05) is 37.7 Å². The van der Waals surface area contributed by atoms with E-state index in [-0.39, 0.29) is 16.8 Å². The predicted octanol–water partition coefficient (Wildman–Crippen LogP) is 2.48. The number of pyridine rings is 1. The third-order valence-electron chi connectivity index (χ3n) is 6.20. The van der Waals surface area contributed by atoms with E-state index in [0.29, 0.717) is 32.2 Å². The molecule has 1 saturated carbocycles. The molecule has 0 unspecified atom stereocenters. The summed E-state index contributed by atoms with van der Waals surface area (Å²) in [4.78, 5) is 6.64. The monoisotopic (exact) mass is 462 g/mol. The Kier molecular flexibility index (Phi) is 7.72. The fourth-order valence-corrected chi connectivity index (χ4v) is 5.58. The molecular weight excluding hydrogens is 431 g/mol. The van der Waals surface area contributed by atoms with Gasteiger partial charge in [0.25, 0.3) is 0 Å². The van der Waals surface area contributed by atoms with Gasteiger partial charge in [-0.2, -0.15) is 0 Å². The maximum atomic E-state index is 13.7. The number of hydrogen-bond acceptors (Lipinski definition) is 6. The maximum Gasteiger partial charge on any atom is 0.242 e. The molecule has 0 radical (unpaired) electrons. The normalized spacial score (nSPS) is 22.1. The Labute approximate surface area is 189 Å². The molecule has 7 nitrogen and oxygen atoms in total. The molecule has 0 amide bonds. The van der Waals surface area contributed by atoms with E-state index < -0.39 is 10.0 Å². The molecule has 2 aromatic rings. The van der Waals surface area contributed by atoms with Gasteiger partial charge in [-0.05, 0) is 62.4 Å². The van der Waals surface area contributed by atoms with Crippen LogP contribution in [0.3, 0.4) is 0 Å². The molecular formula is C23H31FN4O3S. The van der Waals surface area contributed by atoms with Crippen molar-refractivity contribution in [2.24, 2.45) is 0 Å². The van der Waals surface area contributed by atoms with Gasteiger partial charge in [-0.15, -0.1) is 0 Å². The molecule has 2 N–H and O–H groups in total. The number of rotatable bonds is 8. The van der Waals surface area contributed by atoms with E-state index >= 15 is 0 Å². The molecule has 2 fully saturated rings. The second-order valence-corrected chi connectivity index (χ2v) is 10.1. The summed E-state index contributed by atoms with van der Waals surface area (Å²) in [5.74, 6) is 0.606. The number of hydrogen-bond donors (Lipinski definition) is 2. The number of anilines is 1. The Morgan fingerprint density at radius 2 is 1.75 bits per heavy atom. The number of nitrogens with one attached hydrogen (secondary N) is 2. The van der Waals surface area contributed by atoms with E-state index in [4.69, 9.17) is 4.74 Å². The molecule has 0 bridgehead atoms. The minimum atomic E-state index is -3.60. The van der Waals surface area contributed by atoms with Gasteiger partial charge in [0.1, 0.15) is 16.5 Å². The number of aromatic nitrogens is 1. The van der Waals surface area contributed by atoms with Crippen molar-refractivity contribution in [2.45, 2.75) is 49.1 Å². The molecule has 9 heteroatoms. The highest BCUT2D eigenvalue weighted by atomic mass is 32.2. The summed E-state index contributed by atoms with van der Waals surface area (Å²) in [6.45, 7) is 3.54. The van der Waals surface area contributed by atoms with Crippen LogP contribution in [0.2, 0.25) is 0 Å². The summed E-state index contributed by atoms with van der Waals surface area (Å²) in [5, 5.41) is 3.48. The molecule has 1 aliphatic carbocycles. The Bertz CT molecular complexity index is 973.